The predicted molar refractivity (Wildman–Crippen MR) is 112 cm³/mol. The highest BCUT2D eigenvalue weighted by molar-refractivity contribution is 6.46. The van der Waals surface area contributed by atoms with Gasteiger partial charge in [0.2, 0.25) is 0 Å². The molecule has 1 heterocycles. The van der Waals surface area contributed by atoms with Gasteiger partial charge in [0, 0.05) is 18.7 Å². The minimum Gasteiger partial charge on any atom is -0.507 e. The van der Waals surface area contributed by atoms with Crippen molar-refractivity contribution in [2.45, 2.75) is 13.0 Å². The SMILES string of the molecule is COc1ccc(C(O)=C2C(=O)C(=O)N(CCN(C)C)[C@@H]2c2ccc(F)cc2)cc1C. The minimum atomic E-state index is -0.798. The Kier molecular flexibility index (Phi) is 6.22. The van der Waals surface area contributed by atoms with Crippen LogP contribution in [0.4, 0.5) is 4.39 Å². The van der Waals surface area contributed by atoms with Crippen LogP contribution in [0.25, 0.3) is 5.76 Å². The summed E-state index contributed by atoms with van der Waals surface area (Å²) in [5, 5.41) is 11.0. The van der Waals surface area contributed by atoms with Gasteiger partial charge in [0.15, 0.2) is 0 Å². The topological polar surface area (TPSA) is 70.1 Å². The van der Waals surface area contributed by atoms with Gasteiger partial charge in [0.1, 0.15) is 17.3 Å². The predicted octanol–water partition coefficient (Wildman–Crippen LogP) is 3.13. The number of nitrogens with zero attached hydrogens (tertiary/aromatic N) is 2. The van der Waals surface area contributed by atoms with Crippen LogP contribution in [-0.4, -0.2) is 60.9 Å². The monoisotopic (exact) mass is 412 g/mol. The summed E-state index contributed by atoms with van der Waals surface area (Å²) in [6, 6.07) is 9.84. The summed E-state index contributed by atoms with van der Waals surface area (Å²) in [6.07, 6.45) is 0. The Morgan fingerprint density at radius 2 is 1.83 bits per heavy atom. The van der Waals surface area contributed by atoms with Gasteiger partial charge in [-0.3, -0.25) is 9.59 Å². The molecule has 1 saturated heterocycles. The number of ketones is 1. The molecule has 0 aromatic heterocycles. The van der Waals surface area contributed by atoms with E-state index in [0.29, 0.717) is 23.4 Å². The van der Waals surface area contributed by atoms with Crippen molar-refractivity contribution in [3.8, 4) is 5.75 Å². The van der Waals surface area contributed by atoms with Gasteiger partial charge in [-0.2, -0.15) is 0 Å². The van der Waals surface area contributed by atoms with E-state index in [1.165, 1.54) is 29.2 Å². The first-order valence-electron chi connectivity index (χ1n) is 9.58. The number of carbonyl (C=O) groups excluding carboxylic acids is 2. The molecule has 1 aliphatic heterocycles. The van der Waals surface area contributed by atoms with Gasteiger partial charge in [-0.05, 0) is 62.5 Å². The van der Waals surface area contributed by atoms with Crippen molar-refractivity contribution in [3.63, 3.8) is 0 Å². The van der Waals surface area contributed by atoms with Crippen LogP contribution < -0.4 is 4.74 Å². The third-order valence-corrected chi connectivity index (χ3v) is 5.18. The lowest BCUT2D eigenvalue weighted by atomic mass is 9.94. The standard InChI is InChI=1S/C23H25FN2O4/c1-14-13-16(7-10-18(14)30-4)21(27)19-20(15-5-8-17(24)9-6-15)26(12-11-25(2)3)23(29)22(19)28/h5-10,13,20,27H,11-12H2,1-4H3/t20-/m1/s1. The number of rotatable bonds is 6. The fraction of sp³-hybridized carbons (Fsp3) is 0.304. The molecule has 0 aliphatic carbocycles. The highest BCUT2D eigenvalue weighted by Gasteiger charge is 2.45. The summed E-state index contributed by atoms with van der Waals surface area (Å²) in [7, 11) is 5.28. The van der Waals surface area contributed by atoms with E-state index in [9.17, 15) is 19.1 Å². The molecule has 3 rings (SSSR count). The Labute approximate surface area is 175 Å². The molecule has 7 heteroatoms. The van der Waals surface area contributed by atoms with Crippen molar-refractivity contribution in [3.05, 3.63) is 70.5 Å². The van der Waals surface area contributed by atoms with Crippen molar-refractivity contribution >= 4 is 17.4 Å². The number of likely N-dealkylation sites (N-methyl/N-ethyl adjacent to an activating group) is 1. The Hall–Kier alpha value is -3.19. The van der Waals surface area contributed by atoms with E-state index in [-0.39, 0.29) is 17.9 Å². The van der Waals surface area contributed by atoms with Crippen molar-refractivity contribution < 1.29 is 23.8 Å². The number of aryl methyl sites for hydroxylation is 1. The van der Waals surface area contributed by atoms with Crippen LogP contribution in [0.15, 0.2) is 48.0 Å². The summed E-state index contributed by atoms with van der Waals surface area (Å²) in [4.78, 5) is 29.0. The van der Waals surface area contributed by atoms with Crippen LogP contribution in [0.5, 0.6) is 5.75 Å². The molecule has 2 aromatic carbocycles. The number of hydrogen-bond donors (Lipinski definition) is 1. The van der Waals surface area contributed by atoms with Gasteiger partial charge in [0.25, 0.3) is 11.7 Å². The second kappa shape index (κ2) is 8.67. The number of Topliss-reactive ketones (excluding diaryl/α,β-unsaturated/α-hetero) is 1. The lowest BCUT2D eigenvalue weighted by Gasteiger charge is -2.26. The fourth-order valence-corrected chi connectivity index (χ4v) is 3.59. The van der Waals surface area contributed by atoms with E-state index in [0.717, 1.165) is 5.56 Å². The molecule has 30 heavy (non-hydrogen) atoms. The van der Waals surface area contributed by atoms with Gasteiger partial charge in [-0.25, -0.2) is 4.39 Å². The normalized spacial score (nSPS) is 18.3. The number of aliphatic hydroxyl groups excluding tert-OH is 1. The molecule has 1 amide bonds. The average Bonchev–Trinajstić information content (AvgIpc) is 2.96. The number of likely N-dealkylation sites (tertiary alicyclic amines) is 1. The highest BCUT2D eigenvalue weighted by atomic mass is 19.1. The third-order valence-electron chi connectivity index (χ3n) is 5.18. The van der Waals surface area contributed by atoms with Gasteiger partial charge >= 0.3 is 0 Å². The number of methoxy groups -OCH3 is 1. The lowest BCUT2D eigenvalue weighted by molar-refractivity contribution is -0.140. The van der Waals surface area contributed by atoms with Crippen LogP contribution in [0.2, 0.25) is 0 Å². The number of carbonyl (C=O) groups is 2. The molecule has 1 atom stereocenters. The summed E-state index contributed by atoms with van der Waals surface area (Å²) in [6.45, 7) is 2.65. The number of hydrogen-bond acceptors (Lipinski definition) is 5. The number of halogens is 1. The van der Waals surface area contributed by atoms with Crippen LogP contribution in [0.1, 0.15) is 22.7 Å². The largest absolute Gasteiger partial charge is 0.507 e. The number of ether oxygens (including phenoxy) is 1. The van der Waals surface area contributed by atoms with Crippen LogP contribution in [0.3, 0.4) is 0 Å². The minimum absolute atomic E-state index is 0.00469. The van der Waals surface area contributed by atoms with Crippen molar-refractivity contribution in [1.82, 2.24) is 9.80 Å². The second-order valence-electron chi connectivity index (χ2n) is 7.53. The fourth-order valence-electron chi connectivity index (χ4n) is 3.59. The van der Waals surface area contributed by atoms with E-state index >= 15 is 0 Å². The summed E-state index contributed by atoms with van der Waals surface area (Å²) in [5.74, 6) is -1.48. The number of amides is 1. The zero-order valence-electron chi connectivity index (χ0n) is 17.5. The molecule has 0 radical (unpaired) electrons. The maximum atomic E-state index is 13.5. The summed E-state index contributed by atoms with van der Waals surface area (Å²) in [5.41, 5.74) is 1.74. The average molecular weight is 412 g/mol. The van der Waals surface area contributed by atoms with Gasteiger partial charge in [-0.1, -0.05) is 12.1 Å². The van der Waals surface area contributed by atoms with E-state index in [4.69, 9.17) is 4.74 Å². The molecule has 0 spiro atoms. The summed E-state index contributed by atoms with van der Waals surface area (Å²) < 4.78 is 18.7. The van der Waals surface area contributed by atoms with Gasteiger partial charge < -0.3 is 19.6 Å². The van der Waals surface area contributed by atoms with Gasteiger partial charge in [0.05, 0.1) is 18.7 Å². The first-order valence-corrected chi connectivity index (χ1v) is 9.58. The smallest absolute Gasteiger partial charge is 0.295 e. The van der Waals surface area contributed by atoms with E-state index in [2.05, 4.69) is 0 Å². The molecule has 158 valence electrons. The van der Waals surface area contributed by atoms with Crippen LogP contribution >= 0.6 is 0 Å². The van der Waals surface area contributed by atoms with Crippen molar-refractivity contribution in [1.29, 1.82) is 0 Å². The maximum absolute atomic E-state index is 13.5. The Bertz CT molecular complexity index is 999. The third kappa shape index (κ3) is 4.07. The van der Waals surface area contributed by atoms with Crippen molar-refractivity contribution in [2.75, 3.05) is 34.3 Å². The second-order valence-corrected chi connectivity index (χ2v) is 7.53. The van der Waals surface area contributed by atoms with Gasteiger partial charge in [-0.15, -0.1) is 0 Å². The number of aliphatic hydroxyl groups is 1. The number of benzene rings is 2. The molecule has 2 aromatic rings. The molecule has 1 N–H and O–H groups in total. The summed E-state index contributed by atoms with van der Waals surface area (Å²) >= 11 is 0. The first kappa shape index (κ1) is 21.5. The molecule has 1 fully saturated rings. The molecular weight excluding hydrogens is 387 g/mol. The van der Waals surface area contributed by atoms with E-state index in [1.807, 2.05) is 25.9 Å². The van der Waals surface area contributed by atoms with E-state index in [1.54, 1.807) is 25.3 Å². The Morgan fingerprint density at radius 3 is 2.40 bits per heavy atom. The molecule has 6 nitrogen and oxygen atoms in total. The molecule has 0 bridgehead atoms. The van der Waals surface area contributed by atoms with Crippen LogP contribution in [-0.2, 0) is 9.59 Å². The maximum Gasteiger partial charge on any atom is 0.295 e. The lowest BCUT2D eigenvalue weighted by Crippen LogP contribution is -2.35. The quantitative estimate of drug-likeness (QED) is 0.449. The Morgan fingerprint density at radius 1 is 1.17 bits per heavy atom. The first-order chi connectivity index (χ1) is 14.2. The molecule has 1 aliphatic rings. The van der Waals surface area contributed by atoms with Crippen molar-refractivity contribution in [2.24, 2.45) is 0 Å². The molecular formula is C23H25FN2O4. The highest BCUT2D eigenvalue weighted by Crippen LogP contribution is 2.39. The molecule has 0 unspecified atom stereocenters. The Balaban J connectivity index is 2.14. The van der Waals surface area contributed by atoms with Crippen LogP contribution in [0, 0.1) is 12.7 Å². The molecule has 0 saturated carbocycles. The van der Waals surface area contributed by atoms with E-state index < -0.39 is 23.5 Å². The zero-order valence-corrected chi connectivity index (χ0v) is 17.5. The zero-order chi connectivity index (χ0) is 22.0.